The third kappa shape index (κ3) is 13.1. The summed E-state index contributed by atoms with van der Waals surface area (Å²) in [5.74, 6) is -2.31. The molecular weight excluding hydrogens is 376 g/mol. The number of ether oxygens (including phenoxy) is 1. The van der Waals surface area contributed by atoms with Crippen molar-refractivity contribution in [2.24, 2.45) is 11.8 Å². The van der Waals surface area contributed by atoms with Gasteiger partial charge in [-0.15, -0.1) is 0 Å². The van der Waals surface area contributed by atoms with E-state index in [0.717, 1.165) is 25.7 Å². The monoisotopic (exact) mass is 422 g/mol. The minimum absolute atomic E-state index is 0.376. The highest BCUT2D eigenvalue weighted by Crippen LogP contribution is 2.31. The molecule has 2 unspecified atom stereocenters. The molecule has 4 nitrogen and oxygen atoms in total. The molecule has 1 aliphatic carbocycles. The van der Waals surface area contributed by atoms with Crippen LogP contribution < -0.4 is 0 Å². The van der Waals surface area contributed by atoms with Gasteiger partial charge in [0.2, 0.25) is 0 Å². The topological polar surface area (TPSA) is 63.6 Å². The zero-order valence-electron chi connectivity index (χ0n) is 19.4. The lowest BCUT2D eigenvalue weighted by molar-refractivity contribution is -0.156. The van der Waals surface area contributed by atoms with Gasteiger partial charge < -0.3 is 9.84 Å². The van der Waals surface area contributed by atoms with E-state index in [1.165, 1.54) is 89.7 Å². The predicted molar refractivity (Wildman–Crippen MR) is 123 cm³/mol. The van der Waals surface area contributed by atoms with Gasteiger partial charge in [-0.1, -0.05) is 103 Å². The smallest absolute Gasteiger partial charge is 0.314 e. The fourth-order valence-electron chi connectivity index (χ4n) is 4.44. The Hall–Kier alpha value is -1.32. The molecule has 1 fully saturated rings. The number of hydrogen-bond acceptors (Lipinski definition) is 3. The van der Waals surface area contributed by atoms with Crippen molar-refractivity contribution >= 4 is 11.9 Å². The Balaban J connectivity index is 1.90. The summed E-state index contributed by atoms with van der Waals surface area (Å²) in [7, 11) is 0. The molecule has 2 atom stereocenters. The van der Waals surface area contributed by atoms with E-state index in [9.17, 15) is 14.7 Å². The maximum Gasteiger partial charge on any atom is 0.314 e. The second-order valence-corrected chi connectivity index (χ2v) is 9.03. The number of carbonyl (C=O) groups is 2. The van der Waals surface area contributed by atoms with Crippen molar-refractivity contribution < 1.29 is 19.4 Å². The van der Waals surface area contributed by atoms with E-state index in [1.54, 1.807) is 0 Å². The van der Waals surface area contributed by atoms with E-state index in [1.807, 2.05) is 6.08 Å². The lowest BCUT2D eigenvalue weighted by Gasteiger charge is -2.25. The van der Waals surface area contributed by atoms with Crippen molar-refractivity contribution in [3.63, 3.8) is 0 Å². The van der Waals surface area contributed by atoms with E-state index in [4.69, 9.17) is 4.74 Å². The van der Waals surface area contributed by atoms with Crippen LogP contribution in [0.1, 0.15) is 129 Å². The van der Waals surface area contributed by atoms with Crippen molar-refractivity contribution in [3.05, 3.63) is 12.3 Å². The van der Waals surface area contributed by atoms with Gasteiger partial charge in [0.25, 0.3) is 0 Å². The van der Waals surface area contributed by atoms with E-state index in [0.29, 0.717) is 12.8 Å². The molecular formula is C26H46O4. The number of rotatable bonds is 18. The van der Waals surface area contributed by atoms with E-state index >= 15 is 0 Å². The van der Waals surface area contributed by atoms with Gasteiger partial charge in [-0.3, -0.25) is 9.59 Å². The van der Waals surface area contributed by atoms with Crippen molar-refractivity contribution in [3.8, 4) is 0 Å². The Morgan fingerprint density at radius 2 is 1.23 bits per heavy atom. The molecule has 0 aliphatic heterocycles. The third-order valence-electron chi connectivity index (χ3n) is 6.39. The molecule has 0 bridgehead atoms. The highest BCUT2D eigenvalue weighted by atomic mass is 16.5. The summed E-state index contributed by atoms with van der Waals surface area (Å²) in [6, 6.07) is 0. The van der Waals surface area contributed by atoms with Crippen LogP contribution in [0.25, 0.3) is 0 Å². The Bertz CT molecular complexity index is 472. The molecule has 0 saturated heterocycles. The summed E-state index contributed by atoms with van der Waals surface area (Å²) >= 11 is 0. The zero-order chi connectivity index (χ0) is 21.9. The quantitative estimate of drug-likeness (QED) is 0.139. The fourth-order valence-corrected chi connectivity index (χ4v) is 4.44. The Kier molecular flexibility index (Phi) is 16.4. The van der Waals surface area contributed by atoms with Crippen LogP contribution in [0.3, 0.4) is 0 Å². The molecule has 1 rings (SSSR count). The number of hydrogen-bond donors (Lipinski definition) is 1. The minimum atomic E-state index is -0.872. The molecule has 0 spiro atoms. The summed E-state index contributed by atoms with van der Waals surface area (Å²) < 4.78 is 5.20. The number of carboxylic acid groups (broad SMARTS) is 1. The van der Waals surface area contributed by atoms with E-state index in [-0.39, 0.29) is 5.97 Å². The highest BCUT2D eigenvalue weighted by molar-refractivity contribution is 5.81. The zero-order valence-corrected chi connectivity index (χ0v) is 19.4. The number of unbranched alkanes of at least 4 members (excludes halogenated alkanes) is 14. The molecule has 1 saturated carbocycles. The molecule has 1 aliphatic rings. The molecule has 0 amide bonds. The Morgan fingerprint density at radius 1 is 0.767 bits per heavy atom. The van der Waals surface area contributed by atoms with Gasteiger partial charge in [-0.05, 0) is 31.8 Å². The average molecular weight is 423 g/mol. The van der Waals surface area contributed by atoms with Gasteiger partial charge in [-0.25, -0.2) is 0 Å². The summed E-state index contributed by atoms with van der Waals surface area (Å²) in [5.41, 5.74) is 0. The Morgan fingerprint density at radius 3 is 1.73 bits per heavy atom. The number of carboxylic acids is 1. The van der Waals surface area contributed by atoms with Crippen molar-refractivity contribution in [1.29, 1.82) is 0 Å². The molecule has 0 radical (unpaired) electrons. The lowest BCUT2D eigenvalue weighted by atomic mass is 9.79. The van der Waals surface area contributed by atoms with Crippen LogP contribution in [-0.2, 0) is 14.3 Å². The largest absolute Gasteiger partial charge is 0.481 e. The van der Waals surface area contributed by atoms with Gasteiger partial charge >= 0.3 is 11.9 Å². The Labute approximate surface area is 184 Å². The van der Waals surface area contributed by atoms with Gasteiger partial charge in [0.15, 0.2) is 0 Å². The van der Waals surface area contributed by atoms with E-state index in [2.05, 4.69) is 6.92 Å². The second-order valence-electron chi connectivity index (χ2n) is 9.03. The number of allylic oxidation sites excluding steroid dienone is 1. The lowest BCUT2D eigenvalue weighted by Crippen LogP contribution is -2.33. The molecule has 4 heteroatoms. The highest BCUT2D eigenvalue weighted by Gasteiger charge is 2.36. The van der Waals surface area contributed by atoms with Crippen LogP contribution in [0.15, 0.2) is 12.3 Å². The maximum atomic E-state index is 12.1. The van der Waals surface area contributed by atoms with Gasteiger partial charge in [-0.2, -0.15) is 0 Å². The SMILES string of the molecule is CCCCCCCCCCCCCCCC/C=C/OC(=O)C1CCCCC1C(=O)O. The first kappa shape index (κ1) is 26.7. The number of aliphatic carboxylic acids is 1. The predicted octanol–water partition coefficient (Wildman–Crippen LogP) is 7.81. The van der Waals surface area contributed by atoms with Gasteiger partial charge in [0, 0.05) is 0 Å². The van der Waals surface area contributed by atoms with Gasteiger partial charge in [0.1, 0.15) is 0 Å². The summed E-state index contributed by atoms with van der Waals surface area (Å²) in [5, 5.41) is 9.25. The summed E-state index contributed by atoms with van der Waals surface area (Å²) in [6.45, 7) is 2.27. The molecule has 30 heavy (non-hydrogen) atoms. The minimum Gasteiger partial charge on any atom is -0.481 e. The standard InChI is InChI=1S/C26H46O4/c1-2-3-4-5-6-7-8-9-10-11-12-13-14-15-16-19-22-30-26(29)24-21-18-17-20-23(24)25(27)28/h19,22-24H,2-18,20-21H2,1H3,(H,27,28)/b22-19+. The summed E-state index contributed by atoms with van der Waals surface area (Å²) in [6.07, 6.45) is 26.2. The van der Waals surface area contributed by atoms with Crippen LogP contribution in [0, 0.1) is 11.8 Å². The van der Waals surface area contributed by atoms with Crippen LogP contribution >= 0.6 is 0 Å². The number of esters is 1. The van der Waals surface area contributed by atoms with Crippen LogP contribution in [0.4, 0.5) is 0 Å². The summed E-state index contributed by atoms with van der Waals surface area (Å²) in [4.78, 5) is 23.4. The molecule has 0 aromatic heterocycles. The van der Waals surface area contributed by atoms with Crippen LogP contribution in [0.2, 0.25) is 0 Å². The molecule has 0 heterocycles. The fraction of sp³-hybridized carbons (Fsp3) is 0.846. The van der Waals surface area contributed by atoms with Gasteiger partial charge in [0.05, 0.1) is 18.1 Å². The molecule has 1 N–H and O–H groups in total. The molecule has 0 aromatic rings. The second kappa shape index (κ2) is 18.4. The average Bonchev–Trinajstić information content (AvgIpc) is 2.75. The van der Waals surface area contributed by atoms with Crippen molar-refractivity contribution in [2.75, 3.05) is 0 Å². The third-order valence-corrected chi connectivity index (χ3v) is 6.39. The number of carbonyl (C=O) groups excluding carboxylic acids is 1. The molecule has 174 valence electrons. The maximum absolute atomic E-state index is 12.1. The molecule has 0 aromatic carbocycles. The van der Waals surface area contributed by atoms with Crippen LogP contribution in [0.5, 0.6) is 0 Å². The van der Waals surface area contributed by atoms with E-state index < -0.39 is 17.8 Å². The first-order valence-electron chi connectivity index (χ1n) is 12.7. The van der Waals surface area contributed by atoms with Crippen LogP contribution in [-0.4, -0.2) is 17.0 Å². The first-order valence-corrected chi connectivity index (χ1v) is 12.7. The van der Waals surface area contributed by atoms with Crippen molar-refractivity contribution in [1.82, 2.24) is 0 Å². The normalized spacial score (nSPS) is 19.2. The first-order chi connectivity index (χ1) is 14.7. The van der Waals surface area contributed by atoms with Crippen molar-refractivity contribution in [2.45, 2.75) is 129 Å².